The van der Waals surface area contributed by atoms with E-state index in [2.05, 4.69) is 25.6 Å². The van der Waals surface area contributed by atoms with Crippen LogP contribution in [0.1, 0.15) is 32.6 Å². The lowest BCUT2D eigenvalue weighted by Gasteiger charge is -2.22. The van der Waals surface area contributed by atoms with E-state index >= 15 is 0 Å². The average molecular weight is 294 g/mol. The molecular formula is C14H26N6O. The van der Waals surface area contributed by atoms with Gasteiger partial charge in [0.1, 0.15) is 0 Å². The van der Waals surface area contributed by atoms with Crippen LogP contribution >= 0.6 is 0 Å². The molecule has 7 heteroatoms. The number of aromatic nitrogens is 3. The minimum absolute atomic E-state index is 0.370. The largest absolute Gasteiger partial charge is 0.378 e. The second-order valence-corrected chi connectivity index (χ2v) is 5.41. The third kappa shape index (κ3) is 5.00. The molecule has 21 heavy (non-hydrogen) atoms. The van der Waals surface area contributed by atoms with Gasteiger partial charge in [0.15, 0.2) is 0 Å². The summed E-state index contributed by atoms with van der Waals surface area (Å²) in [4.78, 5) is 15.0. The van der Waals surface area contributed by atoms with E-state index in [1.165, 1.54) is 12.8 Å². The number of hydrogen-bond donors (Lipinski definition) is 2. The monoisotopic (exact) mass is 294 g/mol. The maximum atomic E-state index is 5.73. The standard InChI is InChI=1S/C14H26N6O/c1-4-15-12-17-13(19-14(18-12)20(2)3)16-9-8-11-7-5-6-10-21-11/h11H,4-10H2,1-3H3,(H2,15,16,17,18,19). The molecule has 0 amide bonds. The van der Waals surface area contributed by atoms with Crippen molar-refractivity contribution in [3.63, 3.8) is 0 Å². The summed E-state index contributed by atoms with van der Waals surface area (Å²) in [6.07, 6.45) is 4.97. The second-order valence-electron chi connectivity index (χ2n) is 5.41. The van der Waals surface area contributed by atoms with Gasteiger partial charge in [-0.25, -0.2) is 0 Å². The minimum Gasteiger partial charge on any atom is -0.378 e. The Morgan fingerprint density at radius 3 is 2.52 bits per heavy atom. The first-order chi connectivity index (χ1) is 10.2. The van der Waals surface area contributed by atoms with Crippen molar-refractivity contribution in [2.75, 3.05) is 49.3 Å². The zero-order valence-corrected chi connectivity index (χ0v) is 13.2. The molecule has 1 aliphatic heterocycles. The molecule has 0 saturated carbocycles. The van der Waals surface area contributed by atoms with E-state index in [0.29, 0.717) is 23.9 Å². The van der Waals surface area contributed by atoms with Crippen molar-refractivity contribution in [2.45, 2.75) is 38.7 Å². The van der Waals surface area contributed by atoms with Crippen molar-refractivity contribution in [3.8, 4) is 0 Å². The van der Waals surface area contributed by atoms with Gasteiger partial charge >= 0.3 is 0 Å². The number of nitrogens with zero attached hydrogens (tertiary/aromatic N) is 4. The molecule has 0 spiro atoms. The van der Waals surface area contributed by atoms with Crippen LogP contribution in [0.4, 0.5) is 17.8 Å². The fourth-order valence-electron chi connectivity index (χ4n) is 2.26. The van der Waals surface area contributed by atoms with Gasteiger partial charge in [0.25, 0.3) is 0 Å². The molecule has 118 valence electrons. The molecule has 2 N–H and O–H groups in total. The van der Waals surface area contributed by atoms with Gasteiger partial charge in [-0.1, -0.05) is 0 Å². The van der Waals surface area contributed by atoms with Gasteiger partial charge in [-0.3, -0.25) is 0 Å². The number of nitrogens with one attached hydrogen (secondary N) is 2. The lowest BCUT2D eigenvalue weighted by atomic mass is 10.1. The zero-order chi connectivity index (χ0) is 15.1. The summed E-state index contributed by atoms with van der Waals surface area (Å²) >= 11 is 0. The van der Waals surface area contributed by atoms with Crippen LogP contribution in [0, 0.1) is 0 Å². The van der Waals surface area contributed by atoms with Gasteiger partial charge in [0, 0.05) is 33.8 Å². The third-order valence-corrected chi connectivity index (χ3v) is 3.38. The van der Waals surface area contributed by atoms with Gasteiger partial charge in [0.05, 0.1) is 6.10 Å². The molecule has 0 radical (unpaired) electrons. The normalized spacial score (nSPS) is 18.3. The lowest BCUT2D eigenvalue weighted by Crippen LogP contribution is -2.23. The van der Waals surface area contributed by atoms with Crippen LogP contribution in [-0.2, 0) is 4.74 Å². The molecule has 1 saturated heterocycles. The van der Waals surface area contributed by atoms with E-state index < -0.39 is 0 Å². The van der Waals surface area contributed by atoms with E-state index in [1.807, 2.05) is 25.9 Å². The summed E-state index contributed by atoms with van der Waals surface area (Å²) in [6.45, 7) is 4.51. The molecular weight excluding hydrogens is 268 g/mol. The first kappa shape index (κ1) is 15.8. The van der Waals surface area contributed by atoms with Crippen LogP contribution in [0.15, 0.2) is 0 Å². The van der Waals surface area contributed by atoms with E-state index in [1.54, 1.807) is 0 Å². The Labute approximate surface area is 126 Å². The van der Waals surface area contributed by atoms with Crippen molar-refractivity contribution >= 4 is 17.8 Å². The SMILES string of the molecule is CCNc1nc(NCCC2CCCCO2)nc(N(C)C)n1. The highest BCUT2D eigenvalue weighted by Crippen LogP contribution is 2.16. The quantitative estimate of drug-likeness (QED) is 0.793. The summed E-state index contributed by atoms with van der Waals surface area (Å²) in [5.74, 6) is 1.87. The highest BCUT2D eigenvalue weighted by atomic mass is 16.5. The summed E-state index contributed by atoms with van der Waals surface area (Å²) in [6, 6.07) is 0. The Morgan fingerprint density at radius 2 is 1.90 bits per heavy atom. The van der Waals surface area contributed by atoms with Gasteiger partial charge in [-0.2, -0.15) is 15.0 Å². The predicted molar refractivity (Wildman–Crippen MR) is 85.0 cm³/mol. The molecule has 1 aromatic heterocycles. The summed E-state index contributed by atoms with van der Waals surface area (Å²) in [5, 5.41) is 6.41. The van der Waals surface area contributed by atoms with Gasteiger partial charge < -0.3 is 20.3 Å². The smallest absolute Gasteiger partial charge is 0.231 e. The summed E-state index contributed by atoms with van der Waals surface area (Å²) in [7, 11) is 3.84. The van der Waals surface area contributed by atoms with Crippen LogP contribution in [0.2, 0.25) is 0 Å². The van der Waals surface area contributed by atoms with Crippen molar-refractivity contribution in [2.24, 2.45) is 0 Å². The molecule has 2 rings (SSSR count). The average Bonchev–Trinajstić information content (AvgIpc) is 2.48. The first-order valence-electron chi connectivity index (χ1n) is 7.71. The summed E-state index contributed by atoms with van der Waals surface area (Å²) in [5.41, 5.74) is 0. The van der Waals surface area contributed by atoms with Crippen molar-refractivity contribution in [1.29, 1.82) is 0 Å². The first-order valence-corrected chi connectivity index (χ1v) is 7.71. The Kier molecular flexibility index (Phi) is 5.98. The molecule has 1 aliphatic rings. The van der Waals surface area contributed by atoms with Gasteiger partial charge in [-0.15, -0.1) is 0 Å². The molecule has 0 bridgehead atoms. The molecule has 1 fully saturated rings. The second kappa shape index (κ2) is 7.97. The van der Waals surface area contributed by atoms with Gasteiger partial charge in [0.2, 0.25) is 17.8 Å². The maximum absolute atomic E-state index is 5.73. The summed E-state index contributed by atoms with van der Waals surface area (Å²) < 4.78 is 5.73. The Hall–Kier alpha value is -1.63. The van der Waals surface area contributed by atoms with Crippen LogP contribution in [0.5, 0.6) is 0 Å². The van der Waals surface area contributed by atoms with Crippen LogP contribution < -0.4 is 15.5 Å². The van der Waals surface area contributed by atoms with Crippen molar-refractivity contribution < 1.29 is 4.74 Å². The highest BCUT2D eigenvalue weighted by Gasteiger charge is 2.14. The van der Waals surface area contributed by atoms with E-state index in [-0.39, 0.29) is 0 Å². The lowest BCUT2D eigenvalue weighted by molar-refractivity contribution is 0.0134. The number of rotatable bonds is 7. The van der Waals surface area contributed by atoms with Crippen molar-refractivity contribution in [3.05, 3.63) is 0 Å². The highest BCUT2D eigenvalue weighted by molar-refractivity contribution is 5.42. The number of anilines is 3. The molecule has 1 aromatic rings. The zero-order valence-electron chi connectivity index (χ0n) is 13.2. The third-order valence-electron chi connectivity index (χ3n) is 3.38. The predicted octanol–water partition coefficient (Wildman–Crippen LogP) is 1.74. The van der Waals surface area contributed by atoms with E-state index in [4.69, 9.17) is 4.74 Å². The van der Waals surface area contributed by atoms with Crippen molar-refractivity contribution in [1.82, 2.24) is 15.0 Å². The van der Waals surface area contributed by atoms with E-state index in [0.717, 1.165) is 32.5 Å². The van der Waals surface area contributed by atoms with Gasteiger partial charge in [-0.05, 0) is 32.6 Å². The topological polar surface area (TPSA) is 75.2 Å². The maximum Gasteiger partial charge on any atom is 0.231 e. The molecule has 2 heterocycles. The Bertz CT molecular complexity index is 433. The number of ether oxygens (including phenoxy) is 1. The molecule has 7 nitrogen and oxygen atoms in total. The molecule has 1 unspecified atom stereocenters. The molecule has 0 aromatic carbocycles. The van der Waals surface area contributed by atoms with Crippen LogP contribution in [0.25, 0.3) is 0 Å². The fraction of sp³-hybridized carbons (Fsp3) is 0.786. The molecule has 1 atom stereocenters. The Balaban J connectivity index is 1.91. The number of hydrogen-bond acceptors (Lipinski definition) is 7. The van der Waals surface area contributed by atoms with E-state index in [9.17, 15) is 0 Å². The minimum atomic E-state index is 0.370. The Morgan fingerprint density at radius 1 is 1.14 bits per heavy atom. The van der Waals surface area contributed by atoms with Crippen LogP contribution in [-0.4, -0.2) is 54.8 Å². The van der Waals surface area contributed by atoms with Crippen LogP contribution in [0.3, 0.4) is 0 Å². The fourth-order valence-corrected chi connectivity index (χ4v) is 2.26. The molecule has 0 aliphatic carbocycles.